The average molecular weight is 326 g/mol. The summed E-state index contributed by atoms with van der Waals surface area (Å²) >= 11 is 0. The first-order valence-electron chi connectivity index (χ1n) is 7.87. The maximum Gasteiger partial charge on any atom is 0.259 e. The average Bonchev–Trinajstić information content (AvgIpc) is 2.60. The van der Waals surface area contributed by atoms with Gasteiger partial charge in [0.2, 0.25) is 0 Å². The fourth-order valence-electron chi connectivity index (χ4n) is 2.14. The van der Waals surface area contributed by atoms with Crippen LogP contribution >= 0.6 is 0 Å². The van der Waals surface area contributed by atoms with Gasteiger partial charge in [0.1, 0.15) is 5.75 Å². The molecule has 2 aromatic carbocycles. The fourth-order valence-corrected chi connectivity index (χ4v) is 2.14. The molecule has 1 N–H and O–H groups in total. The van der Waals surface area contributed by atoms with E-state index >= 15 is 0 Å². The van der Waals surface area contributed by atoms with Crippen molar-refractivity contribution in [2.45, 2.75) is 13.3 Å². The molecular weight excluding hydrogens is 304 g/mol. The summed E-state index contributed by atoms with van der Waals surface area (Å²) in [4.78, 5) is 25.8. The summed E-state index contributed by atoms with van der Waals surface area (Å²) in [6.45, 7) is 2.57. The van der Waals surface area contributed by atoms with Gasteiger partial charge >= 0.3 is 0 Å². The second kappa shape index (κ2) is 8.15. The lowest BCUT2D eigenvalue weighted by Crippen LogP contribution is -2.21. The summed E-state index contributed by atoms with van der Waals surface area (Å²) in [7, 11) is 3.40. The van der Waals surface area contributed by atoms with Gasteiger partial charge in [0.05, 0.1) is 12.2 Å². The van der Waals surface area contributed by atoms with Gasteiger partial charge in [0.25, 0.3) is 11.8 Å². The van der Waals surface area contributed by atoms with E-state index in [0.717, 1.165) is 6.42 Å². The molecule has 0 radical (unpaired) electrons. The van der Waals surface area contributed by atoms with E-state index in [2.05, 4.69) is 5.32 Å². The third-order valence-electron chi connectivity index (χ3n) is 3.39. The molecule has 5 heteroatoms. The molecule has 2 rings (SSSR count). The normalized spacial score (nSPS) is 10.1. The number of carbonyl (C=O) groups is 2. The Kier molecular flexibility index (Phi) is 5.95. The predicted octanol–water partition coefficient (Wildman–Crippen LogP) is 3.43. The number of hydrogen-bond donors (Lipinski definition) is 1. The molecule has 5 nitrogen and oxygen atoms in total. The van der Waals surface area contributed by atoms with Gasteiger partial charge < -0.3 is 15.0 Å². The topological polar surface area (TPSA) is 58.6 Å². The van der Waals surface area contributed by atoms with E-state index in [9.17, 15) is 9.59 Å². The smallest absolute Gasteiger partial charge is 0.259 e. The molecule has 126 valence electrons. The number of benzene rings is 2. The highest BCUT2D eigenvalue weighted by atomic mass is 16.5. The first-order valence-corrected chi connectivity index (χ1v) is 7.87. The maximum atomic E-state index is 12.5. The number of nitrogens with one attached hydrogen (secondary N) is 1. The lowest BCUT2D eigenvalue weighted by Gasteiger charge is -2.12. The summed E-state index contributed by atoms with van der Waals surface area (Å²) in [5, 5.41) is 2.83. The van der Waals surface area contributed by atoms with E-state index in [0.29, 0.717) is 29.2 Å². The fraction of sp³-hybridized carbons (Fsp3) is 0.263. The minimum absolute atomic E-state index is 0.0776. The summed E-state index contributed by atoms with van der Waals surface area (Å²) in [5.41, 5.74) is 1.68. The molecule has 0 atom stereocenters. The monoisotopic (exact) mass is 326 g/mol. The van der Waals surface area contributed by atoms with Crippen molar-refractivity contribution >= 4 is 17.5 Å². The van der Waals surface area contributed by atoms with Crippen molar-refractivity contribution in [3.8, 4) is 5.75 Å². The highest BCUT2D eigenvalue weighted by Crippen LogP contribution is 2.20. The second-order valence-corrected chi connectivity index (χ2v) is 5.58. The SMILES string of the molecule is CCCOc1ccccc1C(=O)Nc1ccc(C(=O)N(C)C)cc1. The van der Waals surface area contributed by atoms with Gasteiger partial charge in [0.15, 0.2) is 0 Å². The van der Waals surface area contributed by atoms with E-state index < -0.39 is 0 Å². The van der Waals surface area contributed by atoms with Crippen LogP contribution in [0.1, 0.15) is 34.1 Å². The molecule has 0 saturated carbocycles. The number of nitrogens with zero attached hydrogens (tertiary/aromatic N) is 1. The molecule has 0 heterocycles. The Morgan fingerprint density at radius 2 is 1.71 bits per heavy atom. The lowest BCUT2D eigenvalue weighted by atomic mass is 10.1. The molecule has 0 fully saturated rings. The van der Waals surface area contributed by atoms with Gasteiger partial charge in [-0.25, -0.2) is 0 Å². The van der Waals surface area contributed by atoms with Crippen LogP contribution in [-0.4, -0.2) is 37.4 Å². The second-order valence-electron chi connectivity index (χ2n) is 5.58. The Bertz CT molecular complexity index is 709. The number of amides is 2. The Morgan fingerprint density at radius 3 is 2.33 bits per heavy atom. The minimum atomic E-state index is -0.242. The molecule has 0 aromatic heterocycles. The summed E-state index contributed by atoms with van der Waals surface area (Å²) in [6.07, 6.45) is 0.872. The van der Waals surface area contributed by atoms with Crippen molar-refractivity contribution in [2.24, 2.45) is 0 Å². The third kappa shape index (κ3) is 4.35. The van der Waals surface area contributed by atoms with Crippen molar-refractivity contribution in [3.05, 3.63) is 59.7 Å². The highest BCUT2D eigenvalue weighted by molar-refractivity contribution is 6.06. The van der Waals surface area contributed by atoms with Crippen molar-refractivity contribution in [2.75, 3.05) is 26.0 Å². The number of hydrogen-bond acceptors (Lipinski definition) is 3. The molecule has 2 amide bonds. The van der Waals surface area contributed by atoms with Gasteiger partial charge in [-0.2, -0.15) is 0 Å². The van der Waals surface area contributed by atoms with Crippen LogP contribution in [0.2, 0.25) is 0 Å². The number of para-hydroxylation sites is 1. The standard InChI is InChI=1S/C19H22N2O3/c1-4-13-24-17-8-6-5-7-16(17)18(22)20-15-11-9-14(10-12-15)19(23)21(2)3/h5-12H,4,13H2,1-3H3,(H,20,22). The quantitative estimate of drug-likeness (QED) is 0.885. The van der Waals surface area contributed by atoms with E-state index in [1.54, 1.807) is 56.6 Å². The summed E-state index contributed by atoms with van der Waals surface area (Å²) in [5.74, 6) is 0.246. The molecule has 0 bridgehead atoms. The minimum Gasteiger partial charge on any atom is -0.493 e. The largest absolute Gasteiger partial charge is 0.493 e. The van der Waals surface area contributed by atoms with Crippen LogP contribution in [0, 0.1) is 0 Å². The first-order chi connectivity index (χ1) is 11.5. The van der Waals surface area contributed by atoms with E-state index in [1.165, 1.54) is 4.90 Å². The molecular formula is C19H22N2O3. The van der Waals surface area contributed by atoms with Crippen LogP contribution in [0.3, 0.4) is 0 Å². The molecule has 0 aliphatic rings. The first kappa shape index (κ1) is 17.5. The maximum absolute atomic E-state index is 12.5. The molecule has 0 aliphatic carbocycles. The molecule has 24 heavy (non-hydrogen) atoms. The van der Waals surface area contributed by atoms with Crippen molar-refractivity contribution in [1.82, 2.24) is 4.90 Å². The van der Waals surface area contributed by atoms with Crippen LogP contribution in [-0.2, 0) is 0 Å². The number of ether oxygens (including phenoxy) is 1. The van der Waals surface area contributed by atoms with Crippen molar-refractivity contribution in [1.29, 1.82) is 0 Å². The zero-order valence-electron chi connectivity index (χ0n) is 14.2. The Morgan fingerprint density at radius 1 is 1.04 bits per heavy atom. The Labute approximate surface area is 142 Å². The van der Waals surface area contributed by atoms with Crippen LogP contribution in [0.15, 0.2) is 48.5 Å². The van der Waals surface area contributed by atoms with Crippen LogP contribution < -0.4 is 10.1 Å². The van der Waals surface area contributed by atoms with Crippen LogP contribution in [0.4, 0.5) is 5.69 Å². The Balaban J connectivity index is 2.11. The molecule has 2 aromatic rings. The number of anilines is 1. The van der Waals surface area contributed by atoms with E-state index in [-0.39, 0.29) is 11.8 Å². The van der Waals surface area contributed by atoms with E-state index in [4.69, 9.17) is 4.74 Å². The van der Waals surface area contributed by atoms with Crippen LogP contribution in [0.25, 0.3) is 0 Å². The lowest BCUT2D eigenvalue weighted by molar-refractivity contribution is 0.0827. The zero-order valence-corrected chi connectivity index (χ0v) is 14.2. The molecule has 0 aliphatic heterocycles. The zero-order chi connectivity index (χ0) is 17.5. The molecule has 0 unspecified atom stereocenters. The predicted molar refractivity (Wildman–Crippen MR) is 94.6 cm³/mol. The number of carbonyl (C=O) groups excluding carboxylic acids is 2. The van der Waals surface area contributed by atoms with Crippen molar-refractivity contribution < 1.29 is 14.3 Å². The van der Waals surface area contributed by atoms with Gasteiger partial charge in [-0.15, -0.1) is 0 Å². The van der Waals surface area contributed by atoms with E-state index in [1.807, 2.05) is 13.0 Å². The van der Waals surface area contributed by atoms with Gasteiger partial charge in [-0.3, -0.25) is 9.59 Å². The summed E-state index contributed by atoms with van der Waals surface area (Å²) < 4.78 is 5.61. The highest BCUT2D eigenvalue weighted by Gasteiger charge is 2.13. The van der Waals surface area contributed by atoms with Crippen LogP contribution in [0.5, 0.6) is 5.75 Å². The van der Waals surface area contributed by atoms with Gasteiger partial charge in [-0.05, 0) is 42.8 Å². The third-order valence-corrected chi connectivity index (χ3v) is 3.39. The molecule has 0 spiro atoms. The van der Waals surface area contributed by atoms with Gasteiger partial charge in [0, 0.05) is 25.3 Å². The van der Waals surface area contributed by atoms with Crippen molar-refractivity contribution in [3.63, 3.8) is 0 Å². The molecule has 0 saturated heterocycles. The van der Waals surface area contributed by atoms with Gasteiger partial charge in [-0.1, -0.05) is 19.1 Å². The summed E-state index contributed by atoms with van der Waals surface area (Å²) in [6, 6.07) is 14.0. The number of rotatable bonds is 6. The Hall–Kier alpha value is -2.82.